The van der Waals surface area contributed by atoms with Crippen LogP contribution in [0.15, 0.2) is 42.5 Å². The van der Waals surface area contributed by atoms with Gasteiger partial charge in [-0.25, -0.2) is 0 Å². The van der Waals surface area contributed by atoms with Gasteiger partial charge in [-0.1, -0.05) is 12.1 Å². The molecule has 2 N–H and O–H groups in total. The minimum absolute atomic E-state index is 0.0737. The first-order valence-electron chi connectivity index (χ1n) is 11.5. The van der Waals surface area contributed by atoms with E-state index in [0.717, 1.165) is 13.1 Å². The van der Waals surface area contributed by atoms with E-state index in [0.29, 0.717) is 41.5 Å². The zero-order valence-electron chi connectivity index (χ0n) is 19.9. The summed E-state index contributed by atoms with van der Waals surface area (Å²) in [6, 6.07) is 12.0. The highest BCUT2D eigenvalue weighted by Crippen LogP contribution is 2.30. The fourth-order valence-corrected chi connectivity index (χ4v) is 4.15. The number of para-hydroxylation sites is 2. The fraction of sp³-hybridized carbons (Fsp3) is 0.360. The second kappa shape index (κ2) is 10.6. The summed E-state index contributed by atoms with van der Waals surface area (Å²) in [5, 5.41) is 5.50. The van der Waals surface area contributed by atoms with E-state index >= 15 is 0 Å². The molecule has 10 heteroatoms. The number of nitrogens with one attached hydrogen (secondary N) is 2. The van der Waals surface area contributed by atoms with Crippen LogP contribution >= 0.6 is 0 Å². The van der Waals surface area contributed by atoms with E-state index in [-0.39, 0.29) is 37.1 Å². The van der Waals surface area contributed by atoms with Gasteiger partial charge in [0.05, 0.1) is 24.2 Å². The molecule has 2 aromatic carbocycles. The van der Waals surface area contributed by atoms with Crippen LogP contribution in [-0.4, -0.2) is 80.3 Å². The number of ether oxygens (including phenoxy) is 1. The molecule has 2 aromatic rings. The van der Waals surface area contributed by atoms with Gasteiger partial charge in [0.15, 0.2) is 0 Å². The minimum atomic E-state index is -0.393. The molecule has 0 aliphatic carbocycles. The largest absolute Gasteiger partial charge is 0.495 e. The van der Waals surface area contributed by atoms with Gasteiger partial charge in [-0.05, 0) is 37.4 Å². The smallest absolute Gasteiger partial charge is 0.254 e. The highest BCUT2D eigenvalue weighted by Gasteiger charge is 2.27. The Labute approximate surface area is 203 Å². The van der Waals surface area contributed by atoms with Crippen molar-refractivity contribution in [1.29, 1.82) is 0 Å². The lowest BCUT2D eigenvalue weighted by molar-refractivity contribution is -0.124. The summed E-state index contributed by atoms with van der Waals surface area (Å²) in [5.74, 6) is -0.688. The second-order valence-corrected chi connectivity index (χ2v) is 8.60. The molecule has 0 bridgehead atoms. The van der Waals surface area contributed by atoms with Crippen LogP contribution in [0.4, 0.5) is 17.1 Å². The number of carbonyl (C=O) groups excluding carboxylic acids is 4. The molecule has 0 saturated carbocycles. The van der Waals surface area contributed by atoms with Gasteiger partial charge in [0.1, 0.15) is 12.3 Å². The Morgan fingerprint density at radius 2 is 1.77 bits per heavy atom. The van der Waals surface area contributed by atoms with Crippen LogP contribution in [0.5, 0.6) is 5.75 Å². The van der Waals surface area contributed by atoms with Crippen LogP contribution in [-0.2, 0) is 14.4 Å². The Bertz CT molecular complexity index is 1140. The number of benzene rings is 2. The number of fused-ring (bicyclic) bond motifs is 1. The van der Waals surface area contributed by atoms with E-state index in [2.05, 4.69) is 15.5 Å². The second-order valence-electron chi connectivity index (χ2n) is 8.60. The molecule has 0 unspecified atom stereocenters. The number of carbonyl (C=O) groups is 4. The molecule has 2 aliphatic heterocycles. The maximum Gasteiger partial charge on any atom is 0.254 e. The highest BCUT2D eigenvalue weighted by atomic mass is 16.5. The summed E-state index contributed by atoms with van der Waals surface area (Å²) < 4.78 is 5.35. The molecular weight excluding hydrogens is 450 g/mol. The zero-order chi connectivity index (χ0) is 24.9. The first kappa shape index (κ1) is 24.2. The molecule has 10 nitrogen and oxygen atoms in total. The van der Waals surface area contributed by atoms with Crippen LogP contribution in [0.2, 0.25) is 0 Å². The van der Waals surface area contributed by atoms with Gasteiger partial charge in [-0.15, -0.1) is 0 Å². The molecule has 184 valence electrons. The molecule has 1 saturated heterocycles. The van der Waals surface area contributed by atoms with Crippen molar-refractivity contribution < 1.29 is 23.9 Å². The Morgan fingerprint density at radius 1 is 1.03 bits per heavy atom. The first-order chi connectivity index (χ1) is 16.9. The molecule has 35 heavy (non-hydrogen) atoms. The maximum absolute atomic E-state index is 12.9. The lowest BCUT2D eigenvalue weighted by atomic mass is 10.1. The van der Waals surface area contributed by atoms with Gasteiger partial charge in [0.2, 0.25) is 17.7 Å². The van der Waals surface area contributed by atoms with Crippen molar-refractivity contribution in [3.63, 3.8) is 0 Å². The lowest BCUT2D eigenvalue weighted by Crippen LogP contribution is -2.47. The van der Waals surface area contributed by atoms with Crippen molar-refractivity contribution in [1.82, 2.24) is 9.80 Å². The molecule has 0 radical (unpaired) electrons. The van der Waals surface area contributed by atoms with Gasteiger partial charge in [-0.2, -0.15) is 0 Å². The van der Waals surface area contributed by atoms with Crippen molar-refractivity contribution in [2.45, 2.75) is 12.8 Å². The van der Waals surface area contributed by atoms with Crippen molar-refractivity contribution in [3.8, 4) is 5.75 Å². The summed E-state index contributed by atoms with van der Waals surface area (Å²) in [6.45, 7) is 2.80. The molecule has 2 aliphatic rings. The van der Waals surface area contributed by atoms with Crippen LogP contribution in [0.1, 0.15) is 23.2 Å². The van der Waals surface area contributed by atoms with Crippen molar-refractivity contribution >= 4 is 40.7 Å². The maximum atomic E-state index is 12.9. The SMILES string of the molecule is COc1ccc(C(=O)N2CCN(C)CC2)cc1NC(=O)CCC(=O)N1CC(=O)Nc2ccccc21. The number of hydrogen-bond acceptors (Lipinski definition) is 6. The number of nitrogens with zero attached hydrogens (tertiary/aromatic N) is 3. The number of amides is 4. The Kier molecular flexibility index (Phi) is 7.31. The van der Waals surface area contributed by atoms with E-state index < -0.39 is 5.91 Å². The summed E-state index contributed by atoms with van der Waals surface area (Å²) in [6.07, 6.45) is -0.158. The molecule has 0 aromatic heterocycles. The topological polar surface area (TPSA) is 111 Å². The fourth-order valence-electron chi connectivity index (χ4n) is 4.15. The predicted molar refractivity (Wildman–Crippen MR) is 132 cm³/mol. The zero-order valence-corrected chi connectivity index (χ0v) is 19.9. The minimum Gasteiger partial charge on any atom is -0.495 e. The normalized spacial score (nSPS) is 15.8. The molecule has 2 heterocycles. The van der Waals surface area contributed by atoms with Crippen LogP contribution in [0.3, 0.4) is 0 Å². The van der Waals surface area contributed by atoms with Crippen molar-refractivity contribution in [2.75, 3.05) is 62.4 Å². The monoisotopic (exact) mass is 479 g/mol. The van der Waals surface area contributed by atoms with E-state index in [9.17, 15) is 19.2 Å². The average molecular weight is 480 g/mol. The van der Waals surface area contributed by atoms with E-state index in [1.807, 2.05) is 7.05 Å². The molecule has 1 fully saturated rings. The van der Waals surface area contributed by atoms with Crippen molar-refractivity contribution in [2.24, 2.45) is 0 Å². The van der Waals surface area contributed by atoms with E-state index in [1.165, 1.54) is 12.0 Å². The quantitative estimate of drug-likeness (QED) is 0.654. The molecular formula is C25H29N5O5. The number of piperazine rings is 1. The number of anilines is 3. The van der Waals surface area contributed by atoms with Gasteiger partial charge in [-0.3, -0.25) is 19.2 Å². The predicted octanol–water partition coefficient (Wildman–Crippen LogP) is 1.79. The Morgan fingerprint density at radius 3 is 2.51 bits per heavy atom. The van der Waals surface area contributed by atoms with Gasteiger partial charge in [0, 0.05) is 44.6 Å². The summed E-state index contributed by atoms with van der Waals surface area (Å²) in [5.41, 5.74) is 1.99. The van der Waals surface area contributed by atoms with E-state index in [4.69, 9.17) is 4.74 Å². The van der Waals surface area contributed by atoms with Crippen LogP contribution in [0, 0.1) is 0 Å². The van der Waals surface area contributed by atoms with E-state index in [1.54, 1.807) is 47.4 Å². The number of rotatable bonds is 6. The molecule has 4 rings (SSSR count). The van der Waals surface area contributed by atoms with Gasteiger partial charge in [0.25, 0.3) is 5.91 Å². The number of hydrogen-bond donors (Lipinski definition) is 2. The molecule has 0 spiro atoms. The third kappa shape index (κ3) is 5.60. The van der Waals surface area contributed by atoms with Crippen LogP contribution < -0.4 is 20.3 Å². The lowest BCUT2D eigenvalue weighted by Gasteiger charge is -2.32. The highest BCUT2D eigenvalue weighted by molar-refractivity contribution is 6.10. The first-order valence-corrected chi connectivity index (χ1v) is 11.5. The molecule has 0 atom stereocenters. The summed E-state index contributed by atoms with van der Waals surface area (Å²) >= 11 is 0. The number of methoxy groups -OCH3 is 1. The van der Waals surface area contributed by atoms with Crippen LogP contribution in [0.25, 0.3) is 0 Å². The molecule has 4 amide bonds. The summed E-state index contributed by atoms with van der Waals surface area (Å²) in [7, 11) is 3.50. The van der Waals surface area contributed by atoms with Crippen molar-refractivity contribution in [3.05, 3.63) is 48.0 Å². The third-order valence-electron chi connectivity index (χ3n) is 6.15. The van der Waals surface area contributed by atoms with Gasteiger partial charge < -0.3 is 30.1 Å². The number of likely N-dealkylation sites (N-methyl/N-ethyl adjacent to an activating group) is 1. The Hall–Kier alpha value is -3.92. The summed E-state index contributed by atoms with van der Waals surface area (Å²) in [4.78, 5) is 55.7. The third-order valence-corrected chi connectivity index (χ3v) is 6.15. The Balaban J connectivity index is 1.39. The standard InChI is InChI=1S/C25H29N5O5/c1-28-11-13-29(14-12-28)25(34)17-7-8-21(35-2)19(15-17)27-22(31)9-10-24(33)30-16-23(32)26-18-5-3-4-6-20(18)30/h3-8,15H,9-14,16H2,1-2H3,(H,26,32)(H,27,31). The average Bonchev–Trinajstić information content (AvgIpc) is 2.86. The van der Waals surface area contributed by atoms with Gasteiger partial charge >= 0.3 is 0 Å².